The molecule has 74 valence electrons. The molecular weight excluding hydrogens is 246 g/mol. The molecule has 1 amide bonds. The van der Waals surface area contributed by atoms with Crippen molar-refractivity contribution in [3.8, 4) is 0 Å². The highest BCUT2D eigenvalue weighted by Gasteiger charge is 2.37. The summed E-state index contributed by atoms with van der Waals surface area (Å²) in [6.07, 6.45) is 2.52. The molecule has 1 unspecified atom stereocenters. The lowest BCUT2D eigenvalue weighted by atomic mass is 10.1. The molecule has 14 heavy (non-hydrogen) atoms. The van der Waals surface area contributed by atoms with Crippen LogP contribution in [0.2, 0.25) is 0 Å². The van der Waals surface area contributed by atoms with E-state index in [2.05, 4.69) is 26.3 Å². The molecule has 0 spiro atoms. The van der Waals surface area contributed by atoms with Crippen molar-refractivity contribution in [3.05, 3.63) is 16.4 Å². The van der Waals surface area contributed by atoms with Crippen LogP contribution in [0.1, 0.15) is 29.4 Å². The molecule has 5 heteroatoms. The van der Waals surface area contributed by atoms with Crippen molar-refractivity contribution in [2.75, 3.05) is 6.54 Å². The van der Waals surface area contributed by atoms with Crippen molar-refractivity contribution in [2.45, 2.75) is 18.9 Å². The molecule has 0 saturated heterocycles. The lowest BCUT2D eigenvalue weighted by molar-refractivity contribution is 0.0904. The number of hydrogen-bond acceptors (Lipinski definition) is 2. The summed E-state index contributed by atoms with van der Waals surface area (Å²) in [6.45, 7) is 0.727. The van der Waals surface area contributed by atoms with Crippen LogP contribution < -0.4 is 5.32 Å². The molecule has 3 rings (SSSR count). The van der Waals surface area contributed by atoms with Crippen LogP contribution >= 0.6 is 15.9 Å². The summed E-state index contributed by atoms with van der Waals surface area (Å²) in [5.74, 6) is 0.696. The quantitative estimate of drug-likeness (QED) is 0.824. The SMILES string of the molecule is O=C1NCC(C2CC2)n2nc(Br)cc21. The van der Waals surface area contributed by atoms with E-state index in [0.717, 1.165) is 11.1 Å². The largest absolute Gasteiger partial charge is 0.349 e. The molecule has 2 heterocycles. The normalized spacial score (nSPS) is 25.8. The van der Waals surface area contributed by atoms with Gasteiger partial charge in [-0.3, -0.25) is 9.48 Å². The van der Waals surface area contributed by atoms with E-state index < -0.39 is 0 Å². The van der Waals surface area contributed by atoms with Crippen LogP contribution in [0.15, 0.2) is 10.7 Å². The first-order chi connectivity index (χ1) is 6.75. The Hall–Kier alpha value is -0.840. The maximum absolute atomic E-state index is 11.5. The molecule has 1 aliphatic heterocycles. The van der Waals surface area contributed by atoms with Gasteiger partial charge in [-0.2, -0.15) is 5.10 Å². The predicted octanol–water partition coefficient (Wildman–Crippen LogP) is 1.34. The molecule has 1 saturated carbocycles. The van der Waals surface area contributed by atoms with Gasteiger partial charge in [-0.25, -0.2) is 0 Å². The fraction of sp³-hybridized carbons (Fsp3) is 0.556. The Labute approximate surface area is 89.8 Å². The highest BCUT2D eigenvalue weighted by atomic mass is 79.9. The van der Waals surface area contributed by atoms with Gasteiger partial charge in [0.2, 0.25) is 0 Å². The maximum Gasteiger partial charge on any atom is 0.269 e. The molecule has 1 aromatic rings. The third-order valence-electron chi connectivity index (χ3n) is 2.89. The van der Waals surface area contributed by atoms with Crippen molar-refractivity contribution < 1.29 is 4.79 Å². The lowest BCUT2D eigenvalue weighted by Crippen LogP contribution is -2.40. The third kappa shape index (κ3) is 1.19. The average Bonchev–Trinajstić information content (AvgIpc) is 2.89. The Morgan fingerprint density at radius 1 is 1.57 bits per heavy atom. The monoisotopic (exact) mass is 255 g/mol. The summed E-state index contributed by atoms with van der Waals surface area (Å²) in [4.78, 5) is 11.5. The summed E-state index contributed by atoms with van der Waals surface area (Å²) in [5, 5.41) is 7.22. The van der Waals surface area contributed by atoms with Gasteiger partial charge in [-0.1, -0.05) is 0 Å². The van der Waals surface area contributed by atoms with Crippen molar-refractivity contribution in [2.24, 2.45) is 5.92 Å². The minimum absolute atomic E-state index is 0.0138. The van der Waals surface area contributed by atoms with Crippen molar-refractivity contribution in [1.82, 2.24) is 15.1 Å². The zero-order chi connectivity index (χ0) is 9.71. The number of amides is 1. The van der Waals surface area contributed by atoms with Gasteiger partial charge in [-0.15, -0.1) is 0 Å². The number of aromatic nitrogens is 2. The van der Waals surface area contributed by atoms with Gasteiger partial charge in [0.1, 0.15) is 10.3 Å². The highest BCUT2D eigenvalue weighted by Crippen LogP contribution is 2.40. The maximum atomic E-state index is 11.5. The Balaban J connectivity index is 2.06. The van der Waals surface area contributed by atoms with Crippen molar-refractivity contribution in [1.29, 1.82) is 0 Å². The van der Waals surface area contributed by atoms with E-state index in [9.17, 15) is 4.79 Å². The van der Waals surface area contributed by atoms with E-state index in [1.165, 1.54) is 12.8 Å². The first-order valence-corrected chi connectivity index (χ1v) is 5.58. The van der Waals surface area contributed by atoms with Crippen LogP contribution in [0.25, 0.3) is 0 Å². The number of hydrogen-bond donors (Lipinski definition) is 1. The van der Waals surface area contributed by atoms with Gasteiger partial charge in [-0.05, 0) is 34.7 Å². The molecule has 1 aromatic heterocycles. The zero-order valence-corrected chi connectivity index (χ0v) is 9.12. The number of carbonyl (C=O) groups excluding carboxylic acids is 1. The number of nitrogens with one attached hydrogen (secondary N) is 1. The smallest absolute Gasteiger partial charge is 0.269 e. The van der Waals surface area contributed by atoms with E-state index in [4.69, 9.17) is 0 Å². The average molecular weight is 256 g/mol. The van der Waals surface area contributed by atoms with E-state index >= 15 is 0 Å². The molecule has 1 atom stereocenters. The van der Waals surface area contributed by atoms with E-state index in [-0.39, 0.29) is 5.91 Å². The van der Waals surface area contributed by atoms with E-state index in [1.54, 1.807) is 6.07 Å². The third-order valence-corrected chi connectivity index (χ3v) is 3.28. The highest BCUT2D eigenvalue weighted by molar-refractivity contribution is 9.10. The summed E-state index contributed by atoms with van der Waals surface area (Å²) in [6, 6.07) is 2.15. The number of carbonyl (C=O) groups is 1. The Morgan fingerprint density at radius 2 is 2.36 bits per heavy atom. The predicted molar refractivity (Wildman–Crippen MR) is 54.0 cm³/mol. The Morgan fingerprint density at radius 3 is 3.07 bits per heavy atom. The molecular formula is C9H10BrN3O. The van der Waals surface area contributed by atoms with Gasteiger partial charge in [0.25, 0.3) is 5.91 Å². The number of fused-ring (bicyclic) bond motifs is 1. The molecule has 0 bridgehead atoms. The molecule has 2 aliphatic rings. The van der Waals surface area contributed by atoms with Crippen LogP contribution in [0.5, 0.6) is 0 Å². The second kappa shape index (κ2) is 2.82. The first-order valence-electron chi connectivity index (χ1n) is 4.79. The summed E-state index contributed by atoms with van der Waals surface area (Å²) in [5.41, 5.74) is 0.681. The van der Waals surface area contributed by atoms with Crippen molar-refractivity contribution >= 4 is 21.8 Å². The fourth-order valence-electron chi connectivity index (χ4n) is 2.01. The minimum Gasteiger partial charge on any atom is -0.349 e. The van der Waals surface area contributed by atoms with Crippen LogP contribution in [0.4, 0.5) is 0 Å². The molecule has 1 aliphatic carbocycles. The van der Waals surface area contributed by atoms with Gasteiger partial charge >= 0.3 is 0 Å². The van der Waals surface area contributed by atoms with Gasteiger partial charge in [0.05, 0.1) is 6.04 Å². The molecule has 0 aromatic carbocycles. The lowest BCUT2D eigenvalue weighted by Gasteiger charge is -2.24. The van der Waals surface area contributed by atoms with Crippen LogP contribution in [-0.4, -0.2) is 22.2 Å². The van der Waals surface area contributed by atoms with Crippen LogP contribution in [0.3, 0.4) is 0 Å². The van der Waals surface area contributed by atoms with Gasteiger partial charge in [0, 0.05) is 12.6 Å². The fourth-order valence-corrected chi connectivity index (χ4v) is 2.40. The number of rotatable bonds is 1. The van der Waals surface area contributed by atoms with E-state index in [1.807, 2.05) is 4.68 Å². The second-order valence-electron chi connectivity index (χ2n) is 3.91. The van der Waals surface area contributed by atoms with E-state index in [0.29, 0.717) is 17.7 Å². The number of halogens is 1. The number of nitrogens with zero attached hydrogens (tertiary/aromatic N) is 2. The van der Waals surface area contributed by atoms with Gasteiger partial charge < -0.3 is 5.32 Å². The Kier molecular flexibility index (Phi) is 1.71. The van der Waals surface area contributed by atoms with Crippen molar-refractivity contribution in [3.63, 3.8) is 0 Å². The van der Waals surface area contributed by atoms with Crippen LogP contribution in [0, 0.1) is 5.92 Å². The van der Waals surface area contributed by atoms with Crippen LogP contribution in [-0.2, 0) is 0 Å². The molecule has 1 N–H and O–H groups in total. The zero-order valence-electron chi connectivity index (χ0n) is 7.53. The standard InChI is InChI=1S/C9H10BrN3O/c10-8-3-6-9(14)11-4-7(5-1-2-5)13(6)12-8/h3,5,7H,1-2,4H2,(H,11,14). The first kappa shape index (κ1) is 8.47. The summed E-state index contributed by atoms with van der Waals surface area (Å²) < 4.78 is 2.62. The summed E-state index contributed by atoms with van der Waals surface area (Å²) >= 11 is 3.30. The summed E-state index contributed by atoms with van der Waals surface area (Å²) in [7, 11) is 0. The van der Waals surface area contributed by atoms with Gasteiger partial charge in [0.15, 0.2) is 0 Å². The molecule has 4 nitrogen and oxygen atoms in total. The molecule has 0 radical (unpaired) electrons. The second-order valence-corrected chi connectivity index (χ2v) is 4.72. The Bertz CT molecular complexity index is 397. The minimum atomic E-state index is -0.0138. The topological polar surface area (TPSA) is 46.9 Å². The molecule has 1 fully saturated rings.